The largest absolute Gasteiger partial charge is 0.340 e. The fourth-order valence-electron chi connectivity index (χ4n) is 3.65. The summed E-state index contributed by atoms with van der Waals surface area (Å²) in [5.41, 5.74) is 2.68. The molecule has 1 N–H and O–H groups in total. The number of halogens is 2. The molecule has 2 aromatic carbocycles. The number of aromatic nitrogens is 2. The van der Waals surface area contributed by atoms with Crippen molar-refractivity contribution >= 4 is 27.5 Å². The van der Waals surface area contributed by atoms with E-state index in [1.54, 1.807) is 0 Å². The molecule has 0 unspecified atom stereocenters. The van der Waals surface area contributed by atoms with Crippen LogP contribution in [0.4, 0.5) is 26.2 Å². The molecule has 1 aliphatic heterocycles. The van der Waals surface area contributed by atoms with Gasteiger partial charge < -0.3 is 10.2 Å². The number of sulfonamides is 1. The number of nitrogens with one attached hydrogen (secondary N) is 1. The van der Waals surface area contributed by atoms with E-state index < -0.39 is 27.4 Å². The lowest BCUT2D eigenvalue weighted by molar-refractivity contribution is 0.381. The number of benzene rings is 2. The minimum absolute atomic E-state index is 0.175. The van der Waals surface area contributed by atoms with Gasteiger partial charge in [0.2, 0.25) is 16.0 Å². The molecule has 0 spiro atoms. The van der Waals surface area contributed by atoms with E-state index in [0.717, 1.165) is 35.1 Å². The predicted octanol–water partition coefficient (Wildman–Crippen LogP) is 3.77. The van der Waals surface area contributed by atoms with Crippen molar-refractivity contribution in [3.8, 4) is 0 Å². The van der Waals surface area contributed by atoms with Crippen LogP contribution in [0.2, 0.25) is 0 Å². The molecular weight excluding hydrogens is 448 g/mol. The maximum absolute atomic E-state index is 13.9. The molecule has 3 aromatic rings. The Balaban J connectivity index is 1.43. The third kappa shape index (κ3) is 5.63. The van der Waals surface area contributed by atoms with Crippen LogP contribution in [-0.2, 0) is 15.8 Å². The number of hydrogen-bond acceptors (Lipinski definition) is 6. The standard InChI is InChI=1S/C23H25F2N5O2S/c1-16-3-6-20(7-4-16)27-22-13-17(2)26-23(28-22)29-9-11-30(12-10-29)33(31,32)15-18-14-19(24)5-8-21(18)25/h3-8,13-14H,9-12,15H2,1-2H3,(H,26,27,28). The third-order valence-corrected chi connectivity index (χ3v) is 7.25. The van der Waals surface area contributed by atoms with Crippen LogP contribution >= 0.6 is 0 Å². The van der Waals surface area contributed by atoms with Crippen molar-refractivity contribution in [1.29, 1.82) is 0 Å². The van der Waals surface area contributed by atoms with Crippen LogP contribution < -0.4 is 10.2 Å². The molecule has 0 bridgehead atoms. The first-order chi connectivity index (χ1) is 15.7. The topological polar surface area (TPSA) is 78.4 Å². The summed E-state index contributed by atoms with van der Waals surface area (Å²) in [5, 5.41) is 3.27. The number of anilines is 3. The van der Waals surface area contributed by atoms with E-state index in [-0.39, 0.29) is 18.7 Å². The minimum Gasteiger partial charge on any atom is -0.340 e. The maximum Gasteiger partial charge on any atom is 0.227 e. The van der Waals surface area contributed by atoms with Gasteiger partial charge in [-0.15, -0.1) is 0 Å². The second-order valence-electron chi connectivity index (χ2n) is 8.06. The molecule has 33 heavy (non-hydrogen) atoms. The predicted molar refractivity (Wildman–Crippen MR) is 124 cm³/mol. The van der Waals surface area contributed by atoms with E-state index in [2.05, 4.69) is 15.3 Å². The highest BCUT2D eigenvalue weighted by Crippen LogP contribution is 2.22. The first-order valence-corrected chi connectivity index (χ1v) is 12.2. The minimum atomic E-state index is -3.80. The molecule has 1 saturated heterocycles. The Kier molecular flexibility index (Phi) is 6.57. The first-order valence-electron chi connectivity index (χ1n) is 10.6. The van der Waals surface area contributed by atoms with Gasteiger partial charge >= 0.3 is 0 Å². The molecule has 0 radical (unpaired) electrons. The van der Waals surface area contributed by atoms with Gasteiger partial charge in [-0.1, -0.05) is 17.7 Å². The highest BCUT2D eigenvalue weighted by Gasteiger charge is 2.29. The first kappa shape index (κ1) is 23.1. The lowest BCUT2D eigenvalue weighted by Crippen LogP contribution is -2.49. The van der Waals surface area contributed by atoms with Crippen LogP contribution in [0, 0.1) is 25.5 Å². The Morgan fingerprint density at radius 3 is 2.33 bits per heavy atom. The van der Waals surface area contributed by atoms with Crippen molar-refractivity contribution in [1.82, 2.24) is 14.3 Å². The summed E-state index contributed by atoms with van der Waals surface area (Å²) in [5.74, 6) is -0.823. The molecule has 0 saturated carbocycles. The molecule has 2 heterocycles. The van der Waals surface area contributed by atoms with Crippen LogP contribution in [0.25, 0.3) is 0 Å². The molecule has 174 valence electrons. The number of nitrogens with zero attached hydrogens (tertiary/aromatic N) is 4. The molecule has 1 aliphatic rings. The van der Waals surface area contributed by atoms with Gasteiger partial charge in [0.1, 0.15) is 17.5 Å². The molecule has 10 heteroatoms. The Bertz CT molecular complexity index is 1240. The summed E-state index contributed by atoms with van der Waals surface area (Å²) in [7, 11) is -3.80. The smallest absolute Gasteiger partial charge is 0.227 e. The zero-order valence-corrected chi connectivity index (χ0v) is 19.2. The van der Waals surface area contributed by atoms with Crippen LogP contribution in [0.15, 0.2) is 48.5 Å². The molecular formula is C23H25F2N5O2S. The number of hydrogen-bond donors (Lipinski definition) is 1. The van der Waals surface area contributed by atoms with Crippen molar-refractivity contribution in [2.45, 2.75) is 19.6 Å². The Labute approximate surface area is 192 Å². The fourth-order valence-corrected chi connectivity index (χ4v) is 5.17. The second kappa shape index (κ2) is 9.40. The van der Waals surface area contributed by atoms with Crippen molar-refractivity contribution < 1.29 is 17.2 Å². The zero-order valence-electron chi connectivity index (χ0n) is 18.4. The summed E-state index contributed by atoms with van der Waals surface area (Å²) in [6, 6.07) is 12.6. The Morgan fingerprint density at radius 1 is 0.939 bits per heavy atom. The highest BCUT2D eigenvalue weighted by atomic mass is 32.2. The Hall–Kier alpha value is -3.11. The quantitative estimate of drug-likeness (QED) is 0.587. The normalized spacial score (nSPS) is 15.0. The van der Waals surface area contributed by atoms with Gasteiger partial charge in [-0.2, -0.15) is 9.29 Å². The van der Waals surface area contributed by atoms with E-state index in [1.807, 2.05) is 49.1 Å². The average Bonchev–Trinajstić information content (AvgIpc) is 2.77. The summed E-state index contributed by atoms with van der Waals surface area (Å²) >= 11 is 0. The van der Waals surface area contributed by atoms with E-state index in [9.17, 15) is 17.2 Å². The van der Waals surface area contributed by atoms with Crippen molar-refractivity contribution in [2.24, 2.45) is 0 Å². The van der Waals surface area contributed by atoms with E-state index in [4.69, 9.17) is 0 Å². The molecule has 0 atom stereocenters. The van der Waals surface area contributed by atoms with Gasteiger partial charge in [0.15, 0.2) is 0 Å². The molecule has 1 aromatic heterocycles. The van der Waals surface area contributed by atoms with E-state index in [0.29, 0.717) is 24.9 Å². The van der Waals surface area contributed by atoms with Gasteiger partial charge in [-0.25, -0.2) is 22.2 Å². The van der Waals surface area contributed by atoms with Crippen LogP contribution in [0.3, 0.4) is 0 Å². The number of piperazine rings is 1. The summed E-state index contributed by atoms with van der Waals surface area (Å²) < 4.78 is 54.2. The lowest BCUT2D eigenvalue weighted by Gasteiger charge is -2.34. The molecule has 1 fully saturated rings. The average molecular weight is 474 g/mol. The summed E-state index contributed by atoms with van der Waals surface area (Å²) in [6.45, 7) is 5.08. The van der Waals surface area contributed by atoms with E-state index >= 15 is 0 Å². The van der Waals surface area contributed by atoms with Gasteiger partial charge in [0.25, 0.3) is 0 Å². The third-order valence-electron chi connectivity index (χ3n) is 5.43. The van der Waals surface area contributed by atoms with Crippen molar-refractivity contribution in [3.63, 3.8) is 0 Å². The van der Waals surface area contributed by atoms with Crippen LogP contribution in [0.1, 0.15) is 16.8 Å². The summed E-state index contributed by atoms with van der Waals surface area (Å²) in [6.07, 6.45) is 0. The number of rotatable bonds is 6. The van der Waals surface area contributed by atoms with Gasteiger partial charge in [0, 0.05) is 49.2 Å². The zero-order chi connectivity index (χ0) is 23.6. The molecule has 4 rings (SSSR count). The second-order valence-corrected chi connectivity index (χ2v) is 10.0. The van der Waals surface area contributed by atoms with Crippen molar-refractivity contribution in [2.75, 3.05) is 36.4 Å². The molecule has 7 nitrogen and oxygen atoms in total. The van der Waals surface area contributed by atoms with Gasteiger partial charge in [-0.05, 0) is 44.2 Å². The monoisotopic (exact) mass is 473 g/mol. The SMILES string of the molecule is Cc1ccc(Nc2cc(C)nc(N3CCN(S(=O)(=O)Cc4cc(F)ccc4F)CC3)n2)cc1. The summed E-state index contributed by atoms with van der Waals surface area (Å²) in [4.78, 5) is 11.0. The van der Waals surface area contributed by atoms with Gasteiger partial charge in [-0.3, -0.25) is 0 Å². The van der Waals surface area contributed by atoms with Crippen molar-refractivity contribution in [3.05, 3.63) is 77.0 Å². The molecule has 0 amide bonds. The maximum atomic E-state index is 13.9. The van der Waals surface area contributed by atoms with Crippen LogP contribution in [-0.4, -0.2) is 48.9 Å². The number of aryl methyl sites for hydroxylation is 2. The van der Waals surface area contributed by atoms with Gasteiger partial charge in [0.05, 0.1) is 5.75 Å². The lowest BCUT2D eigenvalue weighted by atomic mass is 10.2. The highest BCUT2D eigenvalue weighted by molar-refractivity contribution is 7.88. The van der Waals surface area contributed by atoms with Crippen LogP contribution in [0.5, 0.6) is 0 Å². The molecule has 0 aliphatic carbocycles. The van der Waals surface area contributed by atoms with E-state index in [1.165, 1.54) is 4.31 Å². The Morgan fingerprint density at radius 2 is 1.64 bits per heavy atom. The fraction of sp³-hybridized carbons (Fsp3) is 0.304.